The second-order valence-corrected chi connectivity index (χ2v) is 5.46. The molecule has 1 amide bonds. The number of nitrogens with zero attached hydrogens (tertiary/aromatic N) is 4. The molecule has 10 heteroatoms. The molecule has 1 aromatic carbocycles. The maximum atomic E-state index is 12.1. The lowest BCUT2D eigenvalue weighted by atomic mass is 10.2. The summed E-state index contributed by atoms with van der Waals surface area (Å²) in [6.07, 6.45) is 1.56. The minimum atomic E-state index is -0.821. The maximum absolute atomic E-state index is 12.1. The summed E-state index contributed by atoms with van der Waals surface area (Å²) >= 11 is 0. The molecule has 0 saturated carbocycles. The van der Waals surface area contributed by atoms with Crippen LogP contribution in [-0.4, -0.2) is 52.3 Å². The van der Waals surface area contributed by atoms with Gasteiger partial charge in [0.2, 0.25) is 0 Å². The highest BCUT2D eigenvalue weighted by Gasteiger charge is 2.17. The zero-order valence-electron chi connectivity index (χ0n) is 14.9. The fourth-order valence-corrected chi connectivity index (χ4v) is 2.27. The molecule has 0 bridgehead atoms. The third-order valence-electron chi connectivity index (χ3n) is 3.58. The first-order chi connectivity index (χ1) is 13.0. The van der Waals surface area contributed by atoms with E-state index in [2.05, 4.69) is 20.4 Å². The standard InChI is InChI=1S/C17H17N5O5/c1-10-4-5-18-17-20-15(21-22(10)17)16(24)27-9-14(23)19-11-6-12(25-2)8-13(7-11)26-3/h4-8H,9H2,1-3H3,(H,19,23). The second kappa shape index (κ2) is 7.68. The summed E-state index contributed by atoms with van der Waals surface area (Å²) in [6, 6.07) is 6.62. The summed E-state index contributed by atoms with van der Waals surface area (Å²) in [6.45, 7) is 1.30. The van der Waals surface area contributed by atoms with E-state index >= 15 is 0 Å². The molecule has 0 fully saturated rings. The molecule has 3 aromatic rings. The maximum Gasteiger partial charge on any atom is 0.378 e. The van der Waals surface area contributed by atoms with Crippen molar-refractivity contribution in [1.29, 1.82) is 0 Å². The molecule has 3 rings (SSSR count). The fraction of sp³-hybridized carbons (Fsp3) is 0.235. The first-order valence-corrected chi connectivity index (χ1v) is 7.88. The highest BCUT2D eigenvalue weighted by atomic mass is 16.5. The number of benzene rings is 1. The normalized spacial score (nSPS) is 10.5. The van der Waals surface area contributed by atoms with Gasteiger partial charge < -0.3 is 19.5 Å². The zero-order chi connectivity index (χ0) is 19.4. The van der Waals surface area contributed by atoms with Crippen molar-refractivity contribution in [2.75, 3.05) is 26.1 Å². The molecule has 140 valence electrons. The van der Waals surface area contributed by atoms with Crippen molar-refractivity contribution in [1.82, 2.24) is 19.6 Å². The number of aryl methyl sites for hydroxylation is 1. The Labute approximate surface area is 154 Å². The smallest absolute Gasteiger partial charge is 0.378 e. The Morgan fingerprint density at radius 2 is 1.85 bits per heavy atom. The molecular formula is C17H17N5O5. The van der Waals surface area contributed by atoms with Gasteiger partial charge >= 0.3 is 5.97 Å². The van der Waals surface area contributed by atoms with Gasteiger partial charge in [-0.1, -0.05) is 0 Å². The fourth-order valence-electron chi connectivity index (χ4n) is 2.27. The van der Waals surface area contributed by atoms with Crippen LogP contribution in [0.5, 0.6) is 11.5 Å². The van der Waals surface area contributed by atoms with Gasteiger partial charge in [0.25, 0.3) is 17.5 Å². The van der Waals surface area contributed by atoms with E-state index in [1.54, 1.807) is 37.4 Å². The summed E-state index contributed by atoms with van der Waals surface area (Å²) in [5.41, 5.74) is 1.20. The van der Waals surface area contributed by atoms with Crippen LogP contribution in [0.2, 0.25) is 0 Å². The Balaban J connectivity index is 1.63. The Kier molecular flexibility index (Phi) is 5.15. The van der Waals surface area contributed by atoms with Crippen molar-refractivity contribution in [3.05, 3.63) is 42.0 Å². The highest BCUT2D eigenvalue weighted by Crippen LogP contribution is 2.25. The van der Waals surface area contributed by atoms with E-state index in [1.165, 1.54) is 18.7 Å². The summed E-state index contributed by atoms with van der Waals surface area (Å²) in [4.78, 5) is 32.1. The lowest BCUT2D eigenvalue weighted by Crippen LogP contribution is -2.21. The molecule has 0 atom stereocenters. The molecule has 0 aliphatic rings. The molecule has 1 N–H and O–H groups in total. The van der Waals surface area contributed by atoms with Crippen LogP contribution < -0.4 is 14.8 Å². The number of rotatable bonds is 6. The van der Waals surface area contributed by atoms with Gasteiger partial charge in [0, 0.05) is 35.8 Å². The number of hydrogen-bond acceptors (Lipinski definition) is 8. The van der Waals surface area contributed by atoms with Gasteiger partial charge in [-0.2, -0.15) is 4.98 Å². The Hall–Kier alpha value is -3.69. The van der Waals surface area contributed by atoms with Crippen molar-refractivity contribution >= 4 is 23.3 Å². The van der Waals surface area contributed by atoms with Crippen molar-refractivity contribution in [3.8, 4) is 11.5 Å². The lowest BCUT2D eigenvalue weighted by Gasteiger charge is -2.09. The SMILES string of the molecule is COc1cc(NC(=O)COC(=O)c2nc3nccc(C)n3n2)cc(OC)c1. The summed E-state index contributed by atoms with van der Waals surface area (Å²) in [5.74, 6) is -0.227. The molecular weight excluding hydrogens is 354 g/mol. The lowest BCUT2D eigenvalue weighted by molar-refractivity contribution is -0.119. The van der Waals surface area contributed by atoms with Crippen molar-refractivity contribution in [3.63, 3.8) is 0 Å². The topological polar surface area (TPSA) is 117 Å². The predicted molar refractivity (Wildman–Crippen MR) is 94.0 cm³/mol. The summed E-state index contributed by atoms with van der Waals surface area (Å²) < 4.78 is 16.6. The van der Waals surface area contributed by atoms with Crippen LogP contribution in [0.25, 0.3) is 5.78 Å². The molecule has 2 aromatic heterocycles. The van der Waals surface area contributed by atoms with Crippen molar-refractivity contribution in [2.45, 2.75) is 6.92 Å². The van der Waals surface area contributed by atoms with E-state index in [-0.39, 0.29) is 11.6 Å². The van der Waals surface area contributed by atoms with Crippen LogP contribution in [0.15, 0.2) is 30.5 Å². The van der Waals surface area contributed by atoms with E-state index in [0.29, 0.717) is 17.2 Å². The number of ether oxygens (including phenoxy) is 3. The van der Waals surface area contributed by atoms with Gasteiger partial charge in [-0.25, -0.2) is 14.3 Å². The van der Waals surface area contributed by atoms with Crippen LogP contribution in [0.3, 0.4) is 0 Å². The third kappa shape index (κ3) is 4.11. The second-order valence-electron chi connectivity index (χ2n) is 5.46. The van der Waals surface area contributed by atoms with Gasteiger partial charge in [-0.05, 0) is 13.0 Å². The van der Waals surface area contributed by atoms with Crippen LogP contribution in [0, 0.1) is 6.92 Å². The van der Waals surface area contributed by atoms with E-state index in [0.717, 1.165) is 5.69 Å². The number of methoxy groups -OCH3 is 2. The molecule has 0 radical (unpaired) electrons. The largest absolute Gasteiger partial charge is 0.497 e. The minimum Gasteiger partial charge on any atom is -0.497 e. The highest BCUT2D eigenvalue weighted by molar-refractivity contribution is 5.94. The molecule has 0 saturated heterocycles. The average molecular weight is 371 g/mol. The number of esters is 1. The predicted octanol–water partition coefficient (Wildman–Crippen LogP) is 1.25. The number of nitrogens with one attached hydrogen (secondary N) is 1. The Morgan fingerprint density at radius 1 is 1.15 bits per heavy atom. The average Bonchev–Trinajstić information content (AvgIpc) is 3.11. The first-order valence-electron chi connectivity index (χ1n) is 7.88. The number of aromatic nitrogens is 4. The van der Waals surface area contributed by atoms with Gasteiger partial charge in [-0.15, -0.1) is 5.10 Å². The molecule has 2 heterocycles. The van der Waals surface area contributed by atoms with Crippen molar-refractivity contribution < 1.29 is 23.8 Å². The third-order valence-corrected chi connectivity index (χ3v) is 3.58. The number of hydrogen-bond donors (Lipinski definition) is 1. The van der Waals surface area contributed by atoms with Gasteiger partial charge in [0.1, 0.15) is 11.5 Å². The van der Waals surface area contributed by atoms with Gasteiger partial charge in [0.05, 0.1) is 14.2 Å². The van der Waals surface area contributed by atoms with E-state index in [1.807, 2.05) is 0 Å². The summed E-state index contributed by atoms with van der Waals surface area (Å²) in [5, 5.41) is 6.62. The number of carbonyl (C=O) groups is 2. The van der Waals surface area contributed by atoms with Crippen LogP contribution in [0.1, 0.15) is 16.3 Å². The zero-order valence-corrected chi connectivity index (χ0v) is 14.9. The number of amides is 1. The minimum absolute atomic E-state index is 0.173. The number of fused-ring (bicyclic) bond motifs is 1. The Bertz CT molecular complexity index is 978. The van der Waals surface area contributed by atoms with Crippen LogP contribution in [-0.2, 0) is 9.53 Å². The molecule has 27 heavy (non-hydrogen) atoms. The molecule has 0 aliphatic carbocycles. The monoisotopic (exact) mass is 371 g/mol. The van der Waals surface area contributed by atoms with E-state index in [9.17, 15) is 9.59 Å². The quantitative estimate of drug-likeness (QED) is 0.643. The number of carbonyl (C=O) groups excluding carboxylic acids is 2. The van der Waals surface area contributed by atoms with Gasteiger partial charge in [0.15, 0.2) is 6.61 Å². The molecule has 0 spiro atoms. The van der Waals surface area contributed by atoms with E-state index in [4.69, 9.17) is 14.2 Å². The Morgan fingerprint density at radius 3 is 2.48 bits per heavy atom. The number of anilines is 1. The van der Waals surface area contributed by atoms with Crippen molar-refractivity contribution in [2.24, 2.45) is 0 Å². The molecule has 0 aliphatic heterocycles. The molecule has 0 unspecified atom stereocenters. The van der Waals surface area contributed by atoms with E-state index < -0.39 is 18.5 Å². The van der Waals surface area contributed by atoms with Crippen LogP contribution >= 0.6 is 0 Å². The first kappa shape index (κ1) is 18.1. The molecule has 10 nitrogen and oxygen atoms in total. The van der Waals surface area contributed by atoms with Gasteiger partial charge in [-0.3, -0.25) is 4.79 Å². The summed E-state index contributed by atoms with van der Waals surface area (Å²) in [7, 11) is 3.00. The van der Waals surface area contributed by atoms with Crippen LogP contribution in [0.4, 0.5) is 5.69 Å².